The monoisotopic (exact) mass is 327 g/mol. The van der Waals surface area contributed by atoms with Crippen LogP contribution in [0, 0.1) is 6.92 Å². The maximum Gasteiger partial charge on any atom is 0.267 e. The van der Waals surface area contributed by atoms with Gasteiger partial charge in [-0.3, -0.25) is 4.79 Å². The van der Waals surface area contributed by atoms with Crippen LogP contribution in [0.1, 0.15) is 15.4 Å². The number of nitrogens with one attached hydrogen (secondary N) is 1. The average Bonchev–Trinajstić information content (AvgIpc) is 2.84. The lowest BCUT2D eigenvalue weighted by atomic mass is 10.2. The van der Waals surface area contributed by atoms with Gasteiger partial charge in [0.05, 0.1) is 28.9 Å². The zero-order chi connectivity index (χ0) is 15.6. The number of anilines is 1. The fourth-order valence-corrected chi connectivity index (χ4v) is 2.90. The zero-order valence-corrected chi connectivity index (χ0v) is 12.9. The van der Waals surface area contributed by atoms with E-state index in [4.69, 9.17) is 9.88 Å². The molecule has 0 saturated heterocycles. The fourth-order valence-electron chi connectivity index (χ4n) is 1.66. The molecule has 0 radical (unpaired) electrons. The van der Waals surface area contributed by atoms with Gasteiger partial charge in [-0.1, -0.05) is 0 Å². The first-order valence-electron chi connectivity index (χ1n) is 5.75. The number of amides is 1. The van der Waals surface area contributed by atoms with Gasteiger partial charge in [-0.2, -0.15) is 0 Å². The second kappa shape index (κ2) is 5.80. The molecule has 7 nitrogen and oxygen atoms in total. The summed E-state index contributed by atoms with van der Waals surface area (Å²) in [4.78, 5) is 16.5. The standard InChI is InChI=1S/C12H13N3O4S2/c1-7-11(20-6-14-7)12(16)15-9-5-8(21(13,17)18)3-4-10(9)19-2/h3-6H,1-2H3,(H,15,16)(H2,13,17,18). The van der Waals surface area contributed by atoms with Gasteiger partial charge in [0.15, 0.2) is 0 Å². The molecule has 9 heteroatoms. The van der Waals surface area contributed by atoms with E-state index in [0.717, 1.165) is 0 Å². The SMILES string of the molecule is COc1ccc(S(N)(=O)=O)cc1NC(=O)c1scnc1C. The molecule has 1 aromatic carbocycles. The number of nitrogens with zero attached hydrogens (tertiary/aromatic N) is 1. The van der Waals surface area contributed by atoms with Crippen LogP contribution in [0.4, 0.5) is 5.69 Å². The topological polar surface area (TPSA) is 111 Å². The minimum atomic E-state index is -3.86. The van der Waals surface area contributed by atoms with Crippen LogP contribution in [0.3, 0.4) is 0 Å². The number of sulfonamides is 1. The van der Waals surface area contributed by atoms with Crippen LogP contribution in [0.15, 0.2) is 28.6 Å². The lowest BCUT2D eigenvalue weighted by Crippen LogP contribution is -2.15. The first kappa shape index (κ1) is 15.4. The molecule has 0 saturated carbocycles. The molecule has 0 bridgehead atoms. The van der Waals surface area contributed by atoms with Crippen LogP contribution in [0.2, 0.25) is 0 Å². The summed E-state index contributed by atoms with van der Waals surface area (Å²) in [6.07, 6.45) is 0. The molecule has 0 fully saturated rings. The Morgan fingerprint density at radius 3 is 2.67 bits per heavy atom. The summed E-state index contributed by atoms with van der Waals surface area (Å²) >= 11 is 1.19. The summed E-state index contributed by atoms with van der Waals surface area (Å²) in [5.74, 6) is -0.0576. The summed E-state index contributed by atoms with van der Waals surface area (Å²) in [6, 6.07) is 3.99. The van der Waals surface area contributed by atoms with E-state index in [0.29, 0.717) is 16.3 Å². The lowest BCUT2D eigenvalue weighted by molar-refractivity contribution is 0.102. The van der Waals surface area contributed by atoms with E-state index in [2.05, 4.69) is 10.3 Å². The van der Waals surface area contributed by atoms with Crippen LogP contribution in [0.5, 0.6) is 5.75 Å². The molecular formula is C12H13N3O4S2. The van der Waals surface area contributed by atoms with Crippen molar-refractivity contribution in [3.63, 3.8) is 0 Å². The number of rotatable bonds is 4. The van der Waals surface area contributed by atoms with Gasteiger partial charge in [-0.15, -0.1) is 11.3 Å². The van der Waals surface area contributed by atoms with Gasteiger partial charge in [0.1, 0.15) is 10.6 Å². The predicted octanol–water partition coefficient (Wildman–Crippen LogP) is 1.36. The van der Waals surface area contributed by atoms with Gasteiger partial charge in [0, 0.05) is 0 Å². The number of aryl methyl sites for hydroxylation is 1. The molecule has 1 amide bonds. The van der Waals surface area contributed by atoms with Crippen molar-refractivity contribution >= 4 is 33.0 Å². The third-order valence-electron chi connectivity index (χ3n) is 2.70. The molecule has 1 aromatic heterocycles. The van der Waals surface area contributed by atoms with E-state index >= 15 is 0 Å². The largest absolute Gasteiger partial charge is 0.495 e. The van der Waals surface area contributed by atoms with Crippen molar-refractivity contribution in [2.75, 3.05) is 12.4 Å². The summed E-state index contributed by atoms with van der Waals surface area (Å²) < 4.78 is 27.8. The highest BCUT2D eigenvalue weighted by Gasteiger charge is 2.17. The third-order valence-corrected chi connectivity index (χ3v) is 4.54. The van der Waals surface area contributed by atoms with E-state index in [-0.39, 0.29) is 16.5 Å². The number of nitrogens with two attached hydrogens (primary N) is 1. The molecule has 1 heterocycles. The Kier molecular flexibility index (Phi) is 4.26. The Bertz CT molecular complexity index is 784. The molecule has 0 unspecified atom stereocenters. The van der Waals surface area contributed by atoms with Crippen molar-refractivity contribution in [3.05, 3.63) is 34.3 Å². The maximum atomic E-state index is 12.1. The summed E-state index contributed by atoms with van der Waals surface area (Å²) in [5.41, 5.74) is 2.38. The normalized spacial score (nSPS) is 11.2. The lowest BCUT2D eigenvalue weighted by Gasteiger charge is -2.11. The second-order valence-corrected chi connectivity index (χ2v) is 6.54. The Balaban J connectivity index is 2.38. The quantitative estimate of drug-likeness (QED) is 0.880. The molecule has 2 rings (SSSR count). The minimum absolute atomic E-state index is 0.111. The van der Waals surface area contributed by atoms with Gasteiger partial charge in [0.25, 0.3) is 5.91 Å². The number of carbonyl (C=O) groups excluding carboxylic acids is 1. The van der Waals surface area contributed by atoms with Crippen molar-refractivity contribution in [2.24, 2.45) is 5.14 Å². The van der Waals surface area contributed by atoms with Crippen LogP contribution in [-0.2, 0) is 10.0 Å². The van der Waals surface area contributed by atoms with Gasteiger partial charge >= 0.3 is 0 Å². The predicted molar refractivity (Wildman–Crippen MR) is 79.2 cm³/mol. The molecule has 3 N–H and O–H groups in total. The highest BCUT2D eigenvalue weighted by Crippen LogP contribution is 2.28. The molecule has 0 spiro atoms. The van der Waals surface area contributed by atoms with E-state index in [9.17, 15) is 13.2 Å². The second-order valence-electron chi connectivity index (χ2n) is 4.13. The van der Waals surface area contributed by atoms with Crippen molar-refractivity contribution in [1.82, 2.24) is 4.98 Å². The van der Waals surface area contributed by atoms with E-state index < -0.39 is 10.0 Å². The van der Waals surface area contributed by atoms with Gasteiger partial charge in [0.2, 0.25) is 10.0 Å². The Morgan fingerprint density at radius 1 is 1.43 bits per heavy atom. The first-order valence-corrected chi connectivity index (χ1v) is 8.18. The van der Waals surface area contributed by atoms with Gasteiger partial charge < -0.3 is 10.1 Å². The smallest absolute Gasteiger partial charge is 0.267 e. The highest BCUT2D eigenvalue weighted by atomic mass is 32.2. The van der Waals surface area contributed by atoms with Crippen LogP contribution < -0.4 is 15.2 Å². The van der Waals surface area contributed by atoms with Crippen molar-refractivity contribution < 1.29 is 17.9 Å². The molecule has 0 aliphatic rings. The number of methoxy groups -OCH3 is 1. The third kappa shape index (κ3) is 3.38. The molecule has 0 aliphatic carbocycles. The van der Waals surface area contributed by atoms with E-state index in [1.54, 1.807) is 12.4 Å². The highest BCUT2D eigenvalue weighted by molar-refractivity contribution is 7.89. The summed E-state index contributed by atoms with van der Waals surface area (Å²) in [5, 5.41) is 7.68. The molecular weight excluding hydrogens is 314 g/mol. The average molecular weight is 327 g/mol. The minimum Gasteiger partial charge on any atom is -0.495 e. The van der Waals surface area contributed by atoms with Gasteiger partial charge in [-0.05, 0) is 25.1 Å². The molecule has 0 atom stereocenters. The molecule has 112 valence electrons. The molecule has 2 aromatic rings. The van der Waals surface area contributed by atoms with Crippen molar-refractivity contribution in [3.8, 4) is 5.75 Å². The van der Waals surface area contributed by atoms with Crippen LogP contribution in [0.25, 0.3) is 0 Å². The zero-order valence-electron chi connectivity index (χ0n) is 11.3. The number of hydrogen-bond donors (Lipinski definition) is 2. The maximum absolute atomic E-state index is 12.1. The Morgan fingerprint density at radius 2 is 2.14 bits per heavy atom. The summed E-state index contributed by atoms with van der Waals surface area (Å²) in [7, 11) is -2.45. The number of primary sulfonamides is 1. The van der Waals surface area contributed by atoms with Crippen LogP contribution >= 0.6 is 11.3 Å². The number of hydrogen-bond acceptors (Lipinski definition) is 6. The Hall–Kier alpha value is -1.97. The number of aromatic nitrogens is 1. The van der Waals surface area contributed by atoms with Crippen LogP contribution in [-0.4, -0.2) is 26.4 Å². The first-order chi connectivity index (χ1) is 9.82. The van der Waals surface area contributed by atoms with Gasteiger partial charge in [-0.25, -0.2) is 18.5 Å². The number of carbonyl (C=O) groups is 1. The van der Waals surface area contributed by atoms with Crippen molar-refractivity contribution in [2.45, 2.75) is 11.8 Å². The molecule has 0 aliphatic heterocycles. The van der Waals surface area contributed by atoms with E-state index in [1.807, 2.05) is 0 Å². The number of thiazole rings is 1. The fraction of sp³-hybridized carbons (Fsp3) is 0.167. The Labute approximate surface area is 125 Å². The number of ether oxygens (including phenoxy) is 1. The molecule has 21 heavy (non-hydrogen) atoms. The summed E-state index contributed by atoms with van der Waals surface area (Å²) in [6.45, 7) is 1.71. The number of benzene rings is 1. The van der Waals surface area contributed by atoms with E-state index in [1.165, 1.54) is 36.6 Å². The van der Waals surface area contributed by atoms with Crippen molar-refractivity contribution in [1.29, 1.82) is 0 Å².